The number of nitrogens with two attached hydrogens (primary N) is 1. The summed E-state index contributed by atoms with van der Waals surface area (Å²) in [4.78, 5) is 16.0. The van der Waals surface area contributed by atoms with Crippen LogP contribution < -0.4 is 5.73 Å². The highest BCUT2D eigenvalue weighted by atomic mass is 79.9. The van der Waals surface area contributed by atoms with E-state index in [0.717, 1.165) is 5.56 Å². The largest absolute Gasteiger partial charge is 0.383 e. The van der Waals surface area contributed by atoms with Crippen LogP contribution in [0.4, 0.5) is 19.0 Å². The zero-order chi connectivity index (χ0) is 24.0. The van der Waals surface area contributed by atoms with E-state index in [9.17, 15) is 13.2 Å². The third kappa shape index (κ3) is 3.59. The van der Waals surface area contributed by atoms with Gasteiger partial charge < -0.3 is 10.3 Å². The Morgan fingerprint density at radius 2 is 1.76 bits per heavy atom. The van der Waals surface area contributed by atoms with Gasteiger partial charge in [-0.2, -0.15) is 5.10 Å². The Kier molecular flexibility index (Phi) is 5.52. The zero-order valence-corrected chi connectivity index (χ0v) is 19.2. The maximum Gasteiger partial charge on any atom is 0.297 e. The molecule has 1 aromatic carbocycles. The molecule has 1 unspecified atom stereocenters. The number of hydrogen-bond acceptors (Lipinski definition) is 6. The molecule has 5 aromatic rings. The molecule has 1 atom stereocenters. The molecule has 5 rings (SSSR count). The lowest BCUT2D eigenvalue weighted by atomic mass is 10.1. The van der Waals surface area contributed by atoms with Gasteiger partial charge >= 0.3 is 0 Å². The lowest BCUT2D eigenvalue weighted by molar-refractivity contribution is 0.140. The van der Waals surface area contributed by atoms with Gasteiger partial charge in [0.1, 0.15) is 29.3 Å². The van der Waals surface area contributed by atoms with Gasteiger partial charge in [-0.25, -0.2) is 37.8 Å². The second-order valence-electron chi connectivity index (χ2n) is 7.47. The molecule has 4 aromatic heterocycles. The summed E-state index contributed by atoms with van der Waals surface area (Å²) >= 11 is 3.62. The fourth-order valence-electron chi connectivity index (χ4n) is 3.80. The first-order valence-electron chi connectivity index (χ1n) is 10.1. The zero-order valence-electron chi connectivity index (χ0n) is 17.6. The van der Waals surface area contributed by atoms with Crippen LogP contribution in [0, 0.1) is 5.82 Å². The average molecular weight is 529 g/mol. The molecule has 4 heterocycles. The second kappa shape index (κ2) is 8.52. The Labute approximate surface area is 199 Å². The third-order valence-electron chi connectivity index (χ3n) is 5.48. The monoisotopic (exact) mass is 528 g/mol. The topological polar surface area (TPSA) is 100 Å². The fourth-order valence-corrected chi connectivity index (χ4v) is 4.70. The molecule has 0 spiro atoms. The molecular formula is C22H16BrF3N8. The number of rotatable bonds is 5. The summed E-state index contributed by atoms with van der Waals surface area (Å²) in [5, 5.41) is 4.84. The number of alkyl halides is 2. The van der Waals surface area contributed by atoms with Crippen molar-refractivity contribution >= 4 is 32.8 Å². The Bertz CT molecular complexity index is 1500. The summed E-state index contributed by atoms with van der Waals surface area (Å²) < 4.78 is 44.0. The lowest BCUT2D eigenvalue weighted by Crippen LogP contribution is -2.07. The summed E-state index contributed by atoms with van der Waals surface area (Å²) in [6, 6.07) is 6.02. The maximum absolute atomic E-state index is 14.2. The Hall–Kier alpha value is -3.80. The minimum Gasteiger partial charge on any atom is -0.383 e. The molecule has 0 aliphatic carbocycles. The van der Waals surface area contributed by atoms with Crippen LogP contribution in [0.25, 0.3) is 27.8 Å². The number of benzene rings is 1. The van der Waals surface area contributed by atoms with E-state index in [2.05, 4.69) is 41.0 Å². The van der Waals surface area contributed by atoms with E-state index in [1.165, 1.54) is 29.5 Å². The van der Waals surface area contributed by atoms with Crippen LogP contribution in [-0.2, 0) is 0 Å². The molecule has 0 aliphatic rings. The van der Waals surface area contributed by atoms with Crippen molar-refractivity contribution in [2.24, 2.45) is 0 Å². The second-order valence-corrected chi connectivity index (χ2v) is 8.22. The van der Waals surface area contributed by atoms with E-state index in [1.54, 1.807) is 30.6 Å². The molecule has 0 saturated heterocycles. The van der Waals surface area contributed by atoms with Gasteiger partial charge in [0.05, 0.1) is 22.2 Å². The van der Waals surface area contributed by atoms with Crippen molar-refractivity contribution in [3.8, 4) is 16.8 Å². The van der Waals surface area contributed by atoms with Crippen molar-refractivity contribution in [1.82, 2.24) is 34.3 Å². The van der Waals surface area contributed by atoms with Crippen molar-refractivity contribution < 1.29 is 13.2 Å². The molecule has 0 radical (unpaired) electrons. The molecule has 0 saturated carbocycles. The SMILES string of the molecule is CC(c1cnn(-c2ccccc2F)c1)n1c(Br)c(-c2cnc(C(F)F)nc2)c2c(N)ncnc21. The molecule has 2 N–H and O–H groups in total. The predicted molar refractivity (Wildman–Crippen MR) is 123 cm³/mol. The maximum atomic E-state index is 14.2. The van der Waals surface area contributed by atoms with Crippen molar-refractivity contribution in [3.63, 3.8) is 0 Å². The van der Waals surface area contributed by atoms with Gasteiger partial charge in [0, 0.05) is 35.3 Å². The molecule has 0 aliphatic heterocycles. The standard InChI is InChI=1S/C22H16BrF3N8/c1-11(13-8-32-33(9-13)15-5-3-2-4-14(15)24)34-18(23)16(17-20(27)30-10-31-22(17)34)12-6-28-21(19(25)26)29-7-12/h2-11,19H,1H3,(H2,27,30,31). The van der Waals surface area contributed by atoms with Gasteiger partial charge in [0.25, 0.3) is 6.43 Å². The first kappa shape index (κ1) is 22.0. The van der Waals surface area contributed by atoms with Gasteiger partial charge in [-0.3, -0.25) is 0 Å². The summed E-state index contributed by atoms with van der Waals surface area (Å²) in [7, 11) is 0. The first-order chi connectivity index (χ1) is 16.4. The molecule has 172 valence electrons. The minimum atomic E-state index is -2.78. The van der Waals surface area contributed by atoms with Crippen LogP contribution >= 0.6 is 15.9 Å². The smallest absolute Gasteiger partial charge is 0.297 e. The molecule has 34 heavy (non-hydrogen) atoms. The molecule has 12 heteroatoms. The third-order valence-corrected chi connectivity index (χ3v) is 6.26. The molecule has 0 amide bonds. The van der Waals surface area contributed by atoms with Gasteiger partial charge in [-0.15, -0.1) is 0 Å². The number of nitrogens with zero attached hydrogens (tertiary/aromatic N) is 7. The quantitative estimate of drug-likeness (QED) is 0.340. The highest BCUT2D eigenvalue weighted by Gasteiger charge is 2.26. The number of anilines is 1. The van der Waals surface area contributed by atoms with Crippen molar-refractivity contribution in [2.75, 3.05) is 5.73 Å². The van der Waals surface area contributed by atoms with Gasteiger partial charge in [-0.1, -0.05) is 12.1 Å². The summed E-state index contributed by atoms with van der Waals surface area (Å²) in [5.41, 5.74) is 8.83. The summed E-state index contributed by atoms with van der Waals surface area (Å²) in [6.07, 6.45) is 4.55. The predicted octanol–water partition coefficient (Wildman–Crippen LogP) is 5.10. The number of hydrogen-bond donors (Lipinski definition) is 1. The fraction of sp³-hybridized carbons (Fsp3) is 0.136. The van der Waals surface area contributed by atoms with Crippen molar-refractivity contribution in [3.05, 3.63) is 77.2 Å². The average Bonchev–Trinajstić information content (AvgIpc) is 3.42. The first-order valence-corrected chi connectivity index (χ1v) is 10.9. The van der Waals surface area contributed by atoms with Gasteiger partial charge in [-0.05, 0) is 35.0 Å². The Morgan fingerprint density at radius 3 is 2.47 bits per heavy atom. The number of halogens is 4. The molecule has 8 nitrogen and oxygen atoms in total. The van der Waals surface area contributed by atoms with E-state index in [4.69, 9.17) is 5.73 Å². The van der Waals surface area contributed by atoms with Crippen LogP contribution in [0.15, 0.2) is 60.0 Å². The number of fused-ring (bicyclic) bond motifs is 1. The minimum absolute atomic E-state index is 0.214. The van der Waals surface area contributed by atoms with Crippen LogP contribution in [0.2, 0.25) is 0 Å². The normalized spacial score (nSPS) is 12.5. The number of nitrogen functional groups attached to an aromatic ring is 1. The highest BCUT2D eigenvalue weighted by molar-refractivity contribution is 9.10. The molecular weight excluding hydrogens is 513 g/mol. The molecule has 0 fully saturated rings. The summed E-state index contributed by atoms with van der Waals surface area (Å²) in [6.45, 7) is 1.92. The van der Waals surface area contributed by atoms with E-state index in [0.29, 0.717) is 32.5 Å². The van der Waals surface area contributed by atoms with Crippen LogP contribution in [-0.4, -0.2) is 34.3 Å². The molecule has 0 bridgehead atoms. The Balaban J connectivity index is 1.64. The van der Waals surface area contributed by atoms with Gasteiger partial charge in [0.15, 0.2) is 5.82 Å². The van der Waals surface area contributed by atoms with Crippen LogP contribution in [0.5, 0.6) is 0 Å². The Morgan fingerprint density at radius 1 is 1.03 bits per heavy atom. The lowest BCUT2D eigenvalue weighted by Gasteiger charge is -2.15. The number of para-hydroxylation sites is 1. The highest BCUT2D eigenvalue weighted by Crippen LogP contribution is 2.42. The summed E-state index contributed by atoms with van der Waals surface area (Å²) in [5.74, 6) is -0.749. The number of aromatic nitrogens is 7. The van der Waals surface area contributed by atoms with Crippen molar-refractivity contribution in [2.45, 2.75) is 19.4 Å². The van der Waals surface area contributed by atoms with Crippen LogP contribution in [0.1, 0.15) is 30.8 Å². The van der Waals surface area contributed by atoms with Crippen LogP contribution in [0.3, 0.4) is 0 Å². The van der Waals surface area contributed by atoms with E-state index in [1.807, 2.05) is 11.5 Å². The van der Waals surface area contributed by atoms with Gasteiger partial charge in [0.2, 0.25) is 0 Å². The van der Waals surface area contributed by atoms with E-state index < -0.39 is 18.1 Å². The van der Waals surface area contributed by atoms with E-state index in [-0.39, 0.29) is 11.9 Å². The van der Waals surface area contributed by atoms with E-state index >= 15 is 0 Å². The van der Waals surface area contributed by atoms with Crippen molar-refractivity contribution in [1.29, 1.82) is 0 Å².